The normalized spacial score (nSPS) is 15.5. The Morgan fingerprint density at radius 1 is 0.580 bits per heavy atom. The largest absolute Gasteiger partial charge is 0.310 e. The van der Waals surface area contributed by atoms with E-state index in [1.807, 2.05) is 23.1 Å². The summed E-state index contributed by atoms with van der Waals surface area (Å²) in [4.78, 5) is 5.33. The molecule has 11 rings (SSSR count). The molecule has 0 spiro atoms. The molecular formula is C46H30N2S2. The van der Waals surface area contributed by atoms with E-state index in [2.05, 4.69) is 173 Å². The van der Waals surface area contributed by atoms with Crippen LogP contribution in [0.1, 0.15) is 17.9 Å². The van der Waals surface area contributed by atoms with Gasteiger partial charge in [-0.2, -0.15) is 0 Å². The average Bonchev–Trinajstić information content (AvgIpc) is 3.85. The first-order chi connectivity index (χ1) is 24.8. The van der Waals surface area contributed by atoms with E-state index in [9.17, 15) is 0 Å². The lowest BCUT2D eigenvalue weighted by molar-refractivity contribution is 0.822. The predicted molar refractivity (Wildman–Crippen MR) is 216 cm³/mol. The molecule has 50 heavy (non-hydrogen) atoms. The summed E-state index contributed by atoms with van der Waals surface area (Å²) in [6.07, 6.45) is 5.77. The zero-order chi connectivity index (χ0) is 32.8. The van der Waals surface area contributed by atoms with Gasteiger partial charge < -0.3 is 9.47 Å². The Balaban J connectivity index is 1.19. The minimum absolute atomic E-state index is 0.371. The highest BCUT2D eigenvalue weighted by Gasteiger charge is 2.34. The Morgan fingerprint density at radius 3 is 2.22 bits per heavy atom. The molecule has 2 nitrogen and oxygen atoms in total. The zero-order valence-corrected chi connectivity index (χ0v) is 28.7. The number of thiophene rings is 1. The lowest BCUT2D eigenvalue weighted by Crippen LogP contribution is -2.19. The Labute approximate surface area is 298 Å². The van der Waals surface area contributed by atoms with Gasteiger partial charge in [0.2, 0.25) is 0 Å². The van der Waals surface area contributed by atoms with Gasteiger partial charge in [0.1, 0.15) is 0 Å². The van der Waals surface area contributed by atoms with E-state index in [1.165, 1.54) is 90.9 Å². The Hall–Kier alpha value is -5.55. The van der Waals surface area contributed by atoms with E-state index >= 15 is 0 Å². The fourth-order valence-corrected chi connectivity index (χ4v) is 10.8. The number of rotatable bonds is 4. The topological polar surface area (TPSA) is 8.17 Å². The number of allylic oxidation sites excluding steroid dienone is 3. The summed E-state index contributed by atoms with van der Waals surface area (Å²) in [6.45, 7) is 0. The molecule has 2 aliphatic rings. The smallest absolute Gasteiger partial charge is 0.0563 e. The highest BCUT2D eigenvalue weighted by molar-refractivity contribution is 8.03. The maximum Gasteiger partial charge on any atom is 0.0563 e. The SMILES string of the molecule is C1=CC(N(c2ccc3ccc4sc5ccccc5c4c3c2)c2ccc3c(c2)c2ccccc2n3-c2ccccc2)=C2Sc3ccccc3C2C1. The van der Waals surface area contributed by atoms with Crippen LogP contribution >= 0.6 is 23.1 Å². The van der Waals surface area contributed by atoms with E-state index < -0.39 is 0 Å². The van der Waals surface area contributed by atoms with Gasteiger partial charge in [0.25, 0.3) is 0 Å². The number of hydrogen-bond acceptors (Lipinski definition) is 3. The molecule has 1 aliphatic heterocycles. The second-order valence-electron chi connectivity index (χ2n) is 13.2. The molecule has 0 amide bonds. The van der Waals surface area contributed by atoms with E-state index in [-0.39, 0.29) is 0 Å². The maximum absolute atomic E-state index is 2.53. The average molecular weight is 675 g/mol. The molecule has 7 aromatic carbocycles. The van der Waals surface area contributed by atoms with Crippen molar-refractivity contribution in [3.05, 3.63) is 180 Å². The van der Waals surface area contributed by atoms with Crippen LogP contribution in [0.4, 0.5) is 11.4 Å². The number of anilines is 2. The third-order valence-corrected chi connectivity index (χ3v) is 12.9. The molecule has 0 saturated carbocycles. The molecule has 9 aromatic rings. The van der Waals surface area contributed by atoms with Crippen LogP contribution in [0, 0.1) is 0 Å². The lowest BCUT2D eigenvalue weighted by Gasteiger charge is -2.31. The monoisotopic (exact) mass is 674 g/mol. The Kier molecular flexibility index (Phi) is 6.21. The van der Waals surface area contributed by atoms with Crippen molar-refractivity contribution in [2.75, 3.05) is 4.90 Å². The van der Waals surface area contributed by atoms with Crippen molar-refractivity contribution in [2.24, 2.45) is 0 Å². The van der Waals surface area contributed by atoms with Crippen molar-refractivity contribution in [1.82, 2.24) is 4.57 Å². The summed E-state index contributed by atoms with van der Waals surface area (Å²) in [7, 11) is 0. The van der Waals surface area contributed by atoms with Crippen LogP contribution < -0.4 is 4.90 Å². The fraction of sp³-hybridized carbons (Fsp3) is 0.0435. The van der Waals surface area contributed by atoms with Crippen LogP contribution in [0.2, 0.25) is 0 Å². The number of para-hydroxylation sites is 2. The Bertz CT molecular complexity index is 2890. The van der Waals surface area contributed by atoms with Crippen LogP contribution in [0.25, 0.3) is 58.4 Å². The molecule has 1 atom stereocenters. The van der Waals surface area contributed by atoms with Gasteiger partial charge in [-0.15, -0.1) is 11.3 Å². The van der Waals surface area contributed by atoms with Crippen LogP contribution in [0.3, 0.4) is 0 Å². The molecule has 0 saturated heterocycles. The summed E-state index contributed by atoms with van der Waals surface area (Å²) in [6, 6.07) is 56.0. The van der Waals surface area contributed by atoms with Gasteiger partial charge in [0.15, 0.2) is 0 Å². The summed E-state index contributed by atoms with van der Waals surface area (Å²) < 4.78 is 5.06. The van der Waals surface area contributed by atoms with E-state index in [1.54, 1.807) is 0 Å². The maximum atomic E-state index is 2.53. The minimum atomic E-state index is 0.371. The summed E-state index contributed by atoms with van der Waals surface area (Å²) in [5.41, 5.74) is 8.65. The van der Waals surface area contributed by atoms with Crippen LogP contribution in [-0.4, -0.2) is 4.57 Å². The third kappa shape index (κ3) is 4.16. The van der Waals surface area contributed by atoms with Crippen molar-refractivity contribution in [1.29, 1.82) is 0 Å². The number of aromatic nitrogens is 1. The predicted octanol–water partition coefficient (Wildman–Crippen LogP) is 13.5. The quantitative estimate of drug-likeness (QED) is 0.184. The van der Waals surface area contributed by atoms with Crippen molar-refractivity contribution >= 4 is 87.2 Å². The minimum Gasteiger partial charge on any atom is -0.310 e. The van der Waals surface area contributed by atoms with Gasteiger partial charge in [-0.3, -0.25) is 0 Å². The number of hydrogen-bond donors (Lipinski definition) is 0. The number of fused-ring (bicyclic) bond motifs is 11. The molecule has 3 heterocycles. The Morgan fingerprint density at radius 2 is 1.30 bits per heavy atom. The van der Waals surface area contributed by atoms with Gasteiger partial charge in [-0.25, -0.2) is 0 Å². The fourth-order valence-electron chi connectivity index (χ4n) is 8.29. The first kappa shape index (κ1) is 28.3. The standard InChI is InChI=1S/C46H30N2S2/c1-2-11-30(12-3-1)48-39-17-7-4-13-33(39)38-28-32(24-25-40(38)48)47(41-18-10-16-35-34-14-5-8-19-42(34)50-46(35)41)31-23-21-29-22-26-44-45(37(29)27-31)36-15-6-9-20-43(36)49-44/h1-15,17-28,35H,16H2. The van der Waals surface area contributed by atoms with E-state index in [0.29, 0.717) is 5.92 Å². The van der Waals surface area contributed by atoms with Crippen molar-refractivity contribution < 1.29 is 0 Å². The highest BCUT2D eigenvalue weighted by Crippen LogP contribution is 2.55. The molecule has 0 bridgehead atoms. The summed E-state index contributed by atoms with van der Waals surface area (Å²) >= 11 is 3.83. The third-order valence-electron chi connectivity index (χ3n) is 10.5. The van der Waals surface area contributed by atoms with Crippen LogP contribution in [-0.2, 0) is 0 Å². The molecule has 0 fully saturated rings. The molecule has 0 N–H and O–H groups in total. The van der Waals surface area contributed by atoms with Gasteiger partial charge in [0, 0.05) is 63.7 Å². The highest BCUT2D eigenvalue weighted by atomic mass is 32.2. The molecule has 2 aromatic heterocycles. The van der Waals surface area contributed by atoms with Crippen LogP contribution in [0.5, 0.6) is 0 Å². The molecular weight excluding hydrogens is 645 g/mol. The summed E-state index contributed by atoms with van der Waals surface area (Å²) in [5, 5.41) is 7.76. The van der Waals surface area contributed by atoms with Crippen molar-refractivity contribution in [3.8, 4) is 5.69 Å². The first-order valence-electron chi connectivity index (χ1n) is 17.2. The molecule has 1 unspecified atom stereocenters. The van der Waals surface area contributed by atoms with Crippen molar-refractivity contribution in [2.45, 2.75) is 17.2 Å². The van der Waals surface area contributed by atoms with E-state index in [4.69, 9.17) is 0 Å². The van der Waals surface area contributed by atoms with Crippen molar-refractivity contribution in [3.63, 3.8) is 0 Å². The number of benzene rings is 7. The van der Waals surface area contributed by atoms with Crippen LogP contribution in [0.15, 0.2) is 179 Å². The first-order valence-corrected chi connectivity index (χ1v) is 18.8. The summed E-state index contributed by atoms with van der Waals surface area (Å²) in [5.74, 6) is 0.371. The molecule has 0 radical (unpaired) electrons. The zero-order valence-electron chi connectivity index (χ0n) is 27.1. The van der Waals surface area contributed by atoms with Gasteiger partial charge in [-0.05, 0) is 95.6 Å². The van der Waals surface area contributed by atoms with Gasteiger partial charge in [0.05, 0.1) is 16.7 Å². The second-order valence-corrected chi connectivity index (χ2v) is 15.4. The van der Waals surface area contributed by atoms with Gasteiger partial charge >= 0.3 is 0 Å². The molecule has 4 heteroatoms. The molecule has 1 aliphatic carbocycles. The molecule has 236 valence electrons. The van der Waals surface area contributed by atoms with E-state index in [0.717, 1.165) is 6.42 Å². The number of thioether (sulfide) groups is 1. The number of nitrogens with zero attached hydrogens (tertiary/aromatic N) is 2. The second kappa shape index (κ2) is 11.0. The van der Waals surface area contributed by atoms with Gasteiger partial charge in [-0.1, -0.05) is 103 Å². The lowest BCUT2D eigenvalue weighted by atomic mass is 9.91.